The van der Waals surface area contributed by atoms with E-state index in [0.717, 1.165) is 80.8 Å². The number of aromatic nitrogens is 9. The van der Waals surface area contributed by atoms with E-state index in [-0.39, 0.29) is 100.0 Å². The van der Waals surface area contributed by atoms with Crippen molar-refractivity contribution in [2.24, 2.45) is 0 Å². The summed E-state index contributed by atoms with van der Waals surface area (Å²) in [4.78, 5) is 58.0. The van der Waals surface area contributed by atoms with Crippen LogP contribution in [0.5, 0.6) is 34.5 Å². The van der Waals surface area contributed by atoms with E-state index in [4.69, 9.17) is 24.0 Å². The Bertz CT molecular complexity index is 4940. The number of nitrogens with zero attached hydrogens (tertiary/aromatic N) is 15. The molecule has 0 aliphatic carbocycles. The number of aromatic hydroxyl groups is 5. The highest BCUT2D eigenvalue weighted by atomic mass is 16.5. The van der Waals surface area contributed by atoms with Crippen molar-refractivity contribution in [3.05, 3.63) is 160 Å². The number of likely N-dealkylation sites (tertiary alicyclic amines) is 1. The molecule has 5 fully saturated rings. The molecule has 8 N–H and O–H groups in total. The number of carbonyl (C=O) groups excluding carboxylic acids is 3. The number of nitrogens with one attached hydrogen (secondary N) is 3. The van der Waals surface area contributed by atoms with Crippen LogP contribution in [-0.4, -0.2) is 269 Å². The van der Waals surface area contributed by atoms with Crippen molar-refractivity contribution < 1.29 is 63.4 Å². The molecule has 5 saturated heterocycles. The van der Waals surface area contributed by atoms with E-state index >= 15 is 4.79 Å². The highest BCUT2D eigenvalue weighted by molar-refractivity contribution is 5.93. The first kappa shape index (κ1) is 83.1. The zero-order valence-corrected chi connectivity index (χ0v) is 68.8. The second-order valence-electron chi connectivity index (χ2n) is 32.2. The maximum absolute atomic E-state index is 15.5. The van der Waals surface area contributed by atoms with E-state index in [1.165, 1.54) is 12.1 Å². The molecule has 0 saturated carbocycles. The number of ether oxygens (including phenoxy) is 4. The van der Waals surface area contributed by atoms with Crippen molar-refractivity contribution in [2.75, 3.05) is 145 Å². The smallest absolute Gasteiger partial charge is 0.333 e. The lowest BCUT2D eigenvalue weighted by Gasteiger charge is -2.43. The van der Waals surface area contributed by atoms with E-state index in [9.17, 15) is 35.1 Å². The summed E-state index contributed by atoms with van der Waals surface area (Å²) in [6.45, 7) is 30.4. The molecular weight excluding hydrogens is 1490 g/mol. The minimum Gasteiger partial charge on any atom is -0.508 e. The van der Waals surface area contributed by atoms with Gasteiger partial charge in [-0.1, -0.05) is 82.6 Å². The molecule has 0 bridgehead atoms. The topological polar surface area (TPSA) is 328 Å². The molecule has 3 aromatic heterocycles. The zero-order chi connectivity index (χ0) is 82.1. The molecule has 0 radical (unpaired) electrons. The van der Waals surface area contributed by atoms with Gasteiger partial charge in [-0.05, 0) is 166 Å². The summed E-state index contributed by atoms with van der Waals surface area (Å²) in [7, 11) is 2.06. The largest absolute Gasteiger partial charge is 0.508 e. The Balaban J connectivity index is 0.712. The normalized spacial score (nSPS) is 18.3. The molecule has 622 valence electrons. The molecular formula is C87H113N18O12+. The van der Waals surface area contributed by atoms with Crippen LogP contribution in [0.4, 0.5) is 0 Å². The number of carbonyl (C=O) groups is 3. The number of rotatable bonds is 30. The fraction of sp³-hybridized carbons (Fsp3) is 0.483. The molecule has 3 amide bonds. The number of likely N-dealkylation sites (N-methyl/N-ethyl adjacent to an activating group) is 1. The van der Waals surface area contributed by atoms with Crippen LogP contribution in [0.1, 0.15) is 164 Å². The average Bonchev–Trinajstić information content (AvgIpc) is 1.60. The van der Waals surface area contributed by atoms with E-state index in [2.05, 4.69) is 98.8 Å². The van der Waals surface area contributed by atoms with Crippen LogP contribution in [-0.2, 0) is 33.8 Å². The van der Waals surface area contributed by atoms with Gasteiger partial charge in [-0.15, -0.1) is 20.4 Å². The molecule has 30 nitrogen and oxygen atoms in total. The van der Waals surface area contributed by atoms with Crippen LogP contribution in [0.2, 0.25) is 0 Å². The first-order valence-electron chi connectivity index (χ1n) is 41.4. The molecule has 0 spiro atoms. The summed E-state index contributed by atoms with van der Waals surface area (Å²) < 4.78 is 31.2. The lowest BCUT2D eigenvalue weighted by molar-refractivity contribution is -0.587. The lowest BCUT2D eigenvalue weighted by Crippen LogP contribution is -2.58. The predicted octanol–water partition coefficient (Wildman–Crippen LogP) is 8.69. The van der Waals surface area contributed by atoms with Crippen molar-refractivity contribution in [1.29, 1.82) is 0 Å². The van der Waals surface area contributed by atoms with Gasteiger partial charge >= 0.3 is 17.6 Å². The predicted molar refractivity (Wildman–Crippen MR) is 442 cm³/mol. The summed E-state index contributed by atoms with van der Waals surface area (Å²) >= 11 is 0. The minimum absolute atomic E-state index is 0.0263. The Morgan fingerprint density at radius 1 is 0.530 bits per heavy atom. The van der Waals surface area contributed by atoms with Gasteiger partial charge in [0.05, 0.1) is 68.5 Å². The number of amides is 3. The van der Waals surface area contributed by atoms with E-state index < -0.39 is 18.0 Å². The quantitative estimate of drug-likeness (QED) is 0.0154. The summed E-state index contributed by atoms with van der Waals surface area (Å²) in [6.07, 6.45) is 2.32. The van der Waals surface area contributed by atoms with Gasteiger partial charge < -0.3 is 70.2 Å². The molecule has 8 heterocycles. The van der Waals surface area contributed by atoms with Crippen LogP contribution in [0.15, 0.2) is 109 Å². The first-order chi connectivity index (χ1) is 56.6. The second-order valence-corrected chi connectivity index (χ2v) is 32.2. The monoisotopic (exact) mass is 1600 g/mol. The molecule has 3 atom stereocenters. The van der Waals surface area contributed by atoms with Gasteiger partial charge in [0.1, 0.15) is 40.2 Å². The third-order valence-electron chi connectivity index (χ3n) is 23.0. The molecule has 5 aliphatic heterocycles. The van der Waals surface area contributed by atoms with Gasteiger partial charge in [0.2, 0.25) is 11.6 Å². The SMILES string of the molecule is CCNC(=O)c1nnc(-c2cc(C(C)C)c(OCC)cc2O)n1-c1ccc(CN2CCOC(C3COCCN3CCNC(=O)c3nnc(-c4cc(C(C)C)c(O)cc4O)n3-c3ccc(CN4CCN(C)CC4n4nc(-c5cc(C(C)C)c(O)cc5O)[n+](-c5ccc(CN6CCOCC6)cc5)c4C(=O)NCCCN4CCCC4)cc3)C2)cc1. The number of phenolic OH excluding ortho intramolecular Hbond substituents is 5. The average molecular weight is 1600 g/mol. The van der Waals surface area contributed by atoms with E-state index in [1.807, 2.05) is 118 Å². The summed E-state index contributed by atoms with van der Waals surface area (Å²) in [5, 5.41) is 90.1. The van der Waals surface area contributed by atoms with Crippen molar-refractivity contribution in [2.45, 2.75) is 130 Å². The van der Waals surface area contributed by atoms with Crippen molar-refractivity contribution in [3.63, 3.8) is 0 Å². The molecule has 117 heavy (non-hydrogen) atoms. The number of morpholine rings is 3. The number of benzene rings is 6. The molecule has 6 aromatic carbocycles. The Morgan fingerprint density at radius 2 is 1.08 bits per heavy atom. The third-order valence-corrected chi connectivity index (χ3v) is 23.0. The molecule has 30 heteroatoms. The van der Waals surface area contributed by atoms with Crippen molar-refractivity contribution >= 4 is 17.7 Å². The first-order valence-corrected chi connectivity index (χ1v) is 41.4. The number of hydrogen-bond acceptors (Lipinski definition) is 23. The Kier molecular flexibility index (Phi) is 26.6. The molecule has 3 unspecified atom stereocenters. The third kappa shape index (κ3) is 18.8. The summed E-state index contributed by atoms with van der Waals surface area (Å²) in [5.74, 6) is -0.297. The van der Waals surface area contributed by atoms with Crippen LogP contribution < -0.4 is 25.3 Å². The zero-order valence-electron chi connectivity index (χ0n) is 68.8. The molecule has 9 aromatic rings. The van der Waals surface area contributed by atoms with Crippen LogP contribution in [0, 0.1) is 0 Å². The summed E-state index contributed by atoms with van der Waals surface area (Å²) in [6, 6.07) is 33.3. The van der Waals surface area contributed by atoms with Gasteiger partial charge in [0.15, 0.2) is 17.8 Å². The van der Waals surface area contributed by atoms with Crippen molar-refractivity contribution in [3.8, 4) is 85.7 Å². The van der Waals surface area contributed by atoms with Crippen LogP contribution in [0.3, 0.4) is 0 Å². The highest BCUT2D eigenvalue weighted by Crippen LogP contribution is 2.43. The maximum Gasteiger partial charge on any atom is 0.333 e. The number of hydrogen-bond donors (Lipinski definition) is 8. The minimum atomic E-state index is -0.534. The lowest BCUT2D eigenvalue weighted by atomic mass is 9.98. The number of piperazine rings is 1. The Morgan fingerprint density at radius 3 is 1.69 bits per heavy atom. The standard InChI is InChI=1S/C87H112N18O12/c1-10-88-84(111)82-93-92-80(68-45-66(57(7)8)76(116-11-2)48-75(68)110)102(82)61-21-15-59(16-22-61)50-99-37-42-117-77(52-99)70-54-115-41-38-100(70)32-28-90-85(112)83-94-91-79(67-43-64(55(3)4)71(106)46-73(67)108)103(83)62-23-19-60(20-24-62)51-101-34-33-96(9)53-78(101)105-87(86(113)89-27-14-31-97-29-12-13-30-97)104(63-25-17-58(18-26-63)49-98-35-39-114-40-36-98)81(95-105)69-44-65(56(5)6)72(107)47-74(69)109/h15-26,43-48,55-57,70,77-78H,10-14,27-42,49-54H2,1-9H3,(H7-,88,89,90,91,92,95,106,107,108,109,110,111,112,113)/p+1. The highest BCUT2D eigenvalue weighted by Gasteiger charge is 2.43. The van der Waals surface area contributed by atoms with Crippen molar-refractivity contribution in [1.82, 2.24) is 84.7 Å². The van der Waals surface area contributed by atoms with E-state index in [0.29, 0.717) is 168 Å². The van der Waals surface area contributed by atoms with E-state index in [1.54, 1.807) is 27.3 Å². The second kappa shape index (κ2) is 37.5. The van der Waals surface area contributed by atoms with Gasteiger partial charge in [0.25, 0.3) is 11.8 Å². The van der Waals surface area contributed by atoms with Gasteiger partial charge in [0, 0.05) is 133 Å². The Hall–Kier alpha value is -10.4. The summed E-state index contributed by atoms with van der Waals surface area (Å²) in [5.41, 5.74) is 7.99. The van der Waals surface area contributed by atoms with Gasteiger partial charge in [-0.2, -0.15) is 4.57 Å². The molecule has 5 aliphatic rings. The number of phenols is 5. The maximum atomic E-state index is 15.5. The molecule has 14 rings (SSSR count). The van der Waals surface area contributed by atoms with Gasteiger partial charge in [-0.3, -0.25) is 43.1 Å². The Labute approximate surface area is 683 Å². The van der Waals surface area contributed by atoms with Crippen LogP contribution in [0.25, 0.3) is 51.2 Å². The van der Waals surface area contributed by atoms with Gasteiger partial charge in [-0.25, -0.2) is 0 Å². The van der Waals surface area contributed by atoms with Crippen LogP contribution >= 0.6 is 0 Å². The fourth-order valence-corrected chi connectivity index (χ4v) is 16.6. The fourth-order valence-electron chi connectivity index (χ4n) is 16.6.